The van der Waals surface area contributed by atoms with Crippen LogP contribution in [0.2, 0.25) is 5.02 Å². The van der Waals surface area contributed by atoms with Crippen molar-refractivity contribution in [3.63, 3.8) is 0 Å². The van der Waals surface area contributed by atoms with Crippen LogP contribution >= 0.6 is 11.6 Å². The van der Waals surface area contributed by atoms with E-state index < -0.39 is 10.0 Å². The summed E-state index contributed by atoms with van der Waals surface area (Å²) in [6, 6.07) is 13.7. The molecule has 0 amide bonds. The highest BCUT2D eigenvalue weighted by Crippen LogP contribution is 2.50. The molecule has 4 nitrogen and oxygen atoms in total. The monoisotopic (exact) mass is 442 g/mol. The molecule has 30 heavy (non-hydrogen) atoms. The lowest BCUT2D eigenvalue weighted by Gasteiger charge is -2.37. The van der Waals surface area contributed by atoms with E-state index in [4.69, 9.17) is 11.6 Å². The average molecular weight is 443 g/mol. The Morgan fingerprint density at radius 2 is 1.87 bits per heavy atom. The normalized spacial score (nSPS) is 26.1. The van der Waals surface area contributed by atoms with Crippen molar-refractivity contribution in [3.05, 3.63) is 70.8 Å². The van der Waals surface area contributed by atoms with Gasteiger partial charge >= 0.3 is 0 Å². The number of rotatable bonds is 4. The first kappa shape index (κ1) is 20.1. The van der Waals surface area contributed by atoms with Gasteiger partial charge in [0.2, 0.25) is 10.0 Å². The van der Waals surface area contributed by atoms with E-state index in [1.54, 1.807) is 6.07 Å². The van der Waals surface area contributed by atoms with Crippen LogP contribution in [0.25, 0.3) is 0 Å². The maximum Gasteiger partial charge on any atom is 0.240 e. The first-order valence-electron chi connectivity index (χ1n) is 10.9. The van der Waals surface area contributed by atoms with Crippen molar-refractivity contribution in [1.82, 2.24) is 4.72 Å². The molecule has 1 saturated carbocycles. The topological polar surface area (TPSA) is 58.2 Å². The van der Waals surface area contributed by atoms with Gasteiger partial charge in [0.25, 0.3) is 0 Å². The molecule has 2 N–H and O–H groups in total. The van der Waals surface area contributed by atoms with Gasteiger partial charge in [0.15, 0.2) is 0 Å². The molecule has 6 heteroatoms. The minimum absolute atomic E-state index is 0.0595. The second-order valence-electron chi connectivity index (χ2n) is 8.74. The molecule has 3 aliphatic rings. The molecule has 1 heterocycles. The SMILES string of the molecule is O=S(=O)(NC1CCCCC1)c1ccc2c(c1)C1C=CCC1C(c1cccc(Cl)c1)N2. The molecule has 2 aliphatic carbocycles. The van der Waals surface area contributed by atoms with E-state index in [0.29, 0.717) is 10.8 Å². The largest absolute Gasteiger partial charge is 0.378 e. The molecule has 0 bridgehead atoms. The summed E-state index contributed by atoms with van der Waals surface area (Å²) in [7, 11) is -3.51. The van der Waals surface area contributed by atoms with Crippen molar-refractivity contribution in [2.45, 2.75) is 61.4 Å². The number of halogens is 1. The van der Waals surface area contributed by atoms with Gasteiger partial charge in [-0.1, -0.05) is 55.1 Å². The molecule has 0 spiro atoms. The Morgan fingerprint density at radius 1 is 1.03 bits per heavy atom. The first-order chi connectivity index (χ1) is 14.5. The lowest BCUT2D eigenvalue weighted by molar-refractivity contribution is 0.411. The van der Waals surface area contributed by atoms with E-state index in [1.165, 1.54) is 12.0 Å². The Bertz CT molecular complexity index is 1080. The molecule has 3 unspecified atom stereocenters. The van der Waals surface area contributed by atoms with E-state index in [9.17, 15) is 8.42 Å². The fourth-order valence-electron chi connectivity index (χ4n) is 5.28. The summed E-state index contributed by atoms with van der Waals surface area (Å²) in [5, 5.41) is 4.39. The Morgan fingerprint density at radius 3 is 2.67 bits per heavy atom. The number of fused-ring (bicyclic) bond motifs is 3. The third kappa shape index (κ3) is 3.79. The molecular weight excluding hydrogens is 416 g/mol. The van der Waals surface area contributed by atoms with Crippen molar-refractivity contribution < 1.29 is 8.42 Å². The standard InChI is InChI=1S/C24H27ClN2O2S/c25-17-7-4-6-16(14-17)24-21-11-5-10-20(21)22-15-19(12-13-23(22)26-24)30(28,29)27-18-8-2-1-3-9-18/h4-7,10,12-15,18,20-21,24,26-27H,1-3,8-9,11H2. The maximum atomic E-state index is 13.0. The molecule has 0 radical (unpaired) electrons. The zero-order valence-electron chi connectivity index (χ0n) is 16.9. The van der Waals surface area contributed by atoms with Crippen molar-refractivity contribution >= 4 is 27.3 Å². The molecule has 0 aromatic heterocycles. The quantitative estimate of drug-likeness (QED) is 0.590. The van der Waals surface area contributed by atoms with Gasteiger partial charge in [0.1, 0.15) is 0 Å². The van der Waals surface area contributed by atoms with Crippen LogP contribution in [0, 0.1) is 5.92 Å². The van der Waals surface area contributed by atoms with Crippen LogP contribution < -0.4 is 10.0 Å². The van der Waals surface area contributed by atoms with E-state index in [2.05, 4.69) is 28.3 Å². The summed E-state index contributed by atoms with van der Waals surface area (Å²) >= 11 is 6.24. The molecule has 3 atom stereocenters. The van der Waals surface area contributed by atoms with Gasteiger partial charge in [-0.3, -0.25) is 0 Å². The van der Waals surface area contributed by atoms with Crippen molar-refractivity contribution in [3.8, 4) is 0 Å². The fraction of sp³-hybridized carbons (Fsp3) is 0.417. The number of hydrogen-bond acceptors (Lipinski definition) is 3. The van der Waals surface area contributed by atoms with Gasteiger partial charge in [-0.05, 0) is 66.6 Å². The van der Waals surface area contributed by atoms with Crippen LogP contribution in [0.15, 0.2) is 59.5 Å². The number of benzene rings is 2. The van der Waals surface area contributed by atoms with Crippen LogP contribution in [0.4, 0.5) is 5.69 Å². The van der Waals surface area contributed by atoms with E-state index in [0.717, 1.165) is 48.4 Å². The Balaban J connectivity index is 1.46. The predicted octanol–water partition coefficient (Wildman–Crippen LogP) is 5.78. The highest BCUT2D eigenvalue weighted by Gasteiger charge is 2.38. The summed E-state index contributed by atoms with van der Waals surface area (Å²) < 4.78 is 29.0. The zero-order valence-corrected chi connectivity index (χ0v) is 18.4. The molecule has 0 saturated heterocycles. The summed E-state index contributed by atoms with van der Waals surface area (Å²) in [6.45, 7) is 0. The smallest absolute Gasteiger partial charge is 0.240 e. The summed E-state index contributed by atoms with van der Waals surface area (Å²) in [4.78, 5) is 0.369. The third-order valence-corrected chi connectivity index (χ3v) is 8.53. The average Bonchev–Trinajstić information content (AvgIpc) is 3.23. The molecule has 2 aromatic rings. The van der Waals surface area contributed by atoms with Crippen LogP contribution in [-0.4, -0.2) is 14.5 Å². The Labute approximate surface area is 183 Å². The molecular formula is C24H27ClN2O2S. The Kier molecular flexibility index (Phi) is 5.38. The number of sulfonamides is 1. The summed E-state index contributed by atoms with van der Waals surface area (Å²) in [6.07, 6.45) is 10.7. The Hall–Kier alpha value is -1.82. The van der Waals surface area contributed by atoms with Crippen molar-refractivity contribution in [2.75, 3.05) is 5.32 Å². The van der Waals surface area contributed by atoms with Gasteiger partial charge in [0, 0.05) is 22.7 Å². The first-order valence-corrected chi connectivity index (χ1v) is 12.7. The number of anilines is 1. The maximum absolute atomic E-state index is 13.0. The van der Waals surface area contributed by atoms with Crippen LogP contribution in [0.1, 0.15) is 61.6 Å². The minimum atomic E-state index is -3.51. The predicted molar refractivity (Wildman–Crippen MR) is 121 cm³/mol. The van der Waals surface area contributed by atoms with Crippen LogP contribution in [0.3, 0.4) is 0 Å². The third-order valence-electron chi connectivity index (χ3n) is 6.78. The van der Waals surface area contributed by atoms with Crippen molar-refractivity contribution in [1.29, 1.82) is 0 Å². The summed E-state index contributed by atoms with van der Waals surface area (Å²) in [5.41, 5.74) is 3.24. The second-order valence-corrected chi connectivity index (χ2v) is 10.9. The van der Waals surface area contributed by atoms with Crippen molar-refractivity contribution in [2.24, 2.45) is 5.92 Å². The second kappa shape index (κ2) is 8.03. The number of allylic oxidation sites excluding steroid dienone is 2. The molecule has 1 fully saturated rings. The van der Waals surface area contributed by atoms with E-state index >= 15 is 0 Å². The number of nitrogens with one attached hydrogen (secondary N) is 2. The van der Waals surface area contributed by atoms with Gasteiger partial charge < -0.3 is 5.32 Å². The lowest BCUT2D eigenvalue weighted by atomic mass is 9.77. The highest BCUT2D eigenvalue weighted by atomic mass is 35.5. The summed E-state index contributed by atoms with van der Waals surface area (Å²) in [5.74, 6) is 0.551. The molecule has 5 rings (SSSR count). The highest BCUT2D eigenvalue weighted by molar-refractivity contribution is 7.89. The molecule has 2 aromatic carbocycles. The van der Waals surface area contributed by atoms with Crippen LogP contribution in [-0.2, 0) is 10.0 Å². The van der Waals surface area contributed by atoms with Gasteiger partial charge in [-0.2, -0.15) is 0 Å². The van der Waals surface area contributed by atoms with Crippen LogP contribution in [0.5, 0.6) is 0 Å². The minimum Gasteiger partial charge on any atom is -0.378 e. The number of hydrogen-bond donors (Lipinski definition) is 2. The van der Waals surface area contributed by atoms with E-state index in [1.807, 2.05) is 30.3 Å². The zero-order chi connectivity index (χ0) is 20.7. The molecule has 1 aliphatic heterocycles. The van der Waals surface area contributed by atoms with Gasteiger partial charge in [-0.15, -0.1) is 0 Å². The van der Waals surface area contributed by atoms with E-state index in [-0.39, 0.29) is 18.0 Å². The molecule has 158 valence electrons. The lowest BCUT2D eigenvalue weighted by Crippen LogP contribution is -2.36. The van der Waals surface area contributed by atoms with Gasteiger partial charge in [0.05, 0.1) is 10.9 Å². The van der Waals surface area contributed by atoms with Gasteiger partial charge in [-0.25, -0.2) is 13.1 Å². The fourth-order valence-corrected chi connectivity index (χ4v) is 6.82.